The zero-order valence-electron chi connectivity index (χ0n) is 21.7. The largest absolute Gasteiger partial charge is 0.485 e. The third-order valence-corrected chi connectivity index (χ3v) is 8.50. The van der Waals surface area contributed by atoms with E-state index in [4.69, 9.17) is 9.26 Å². The molecule has 196 valence electrons. The number of fused-ring (bicyclic) bond motifs is 3. The number of nitrogens with one attached hydrogen (secondary N) is 1. The molecule has 1 heterocycles. The van der Waals surface area contributed by atoms with Crippen LogP contribution in [-0.2, 0) is 35.4 Å². The van der Waals surface area contributed by atoms with Crippen LogP contribution in [0.5, 0.6) is 5.75 Å². The highest BCUT2D eigenvalue weighted by molar-refractivity contribution is 5.72. The number of hydrogen-bond donors (Lipinski definition) is 3. The number of rotatable bonds is 7. The van der Waals surface area contributed by atoms with Gasteiger partial charge >= 0.3 is 0 Å². The molecule has 4 atom stereocenters. The number of ether oxygens (including phenoxy) is 1. The minimum atomic E-state index is -1.29. The smallest absolute Gasteiger partial charge is 0.246 e. The minimum Gasteiger partial charge on any atom is -0.485 e. The summed E-state index contributed by atoms with van der Waals surface area (Å²) in [6.45, 7) is 5.74. The summed E-state index contributed by atoms with van der Waals surface area (Å²) in [5.41, 5.74) is 0.450. The number of nitrogens with zero attached hydrogens (tertiary/aromatic N) is 2. The average Bonchev–Trinajstić information content (AvgIpc) is 3.35. The summed E-state index contributed by atoms with van der Waals surface area (Å²) >= 11 is 0. The first-order chi connectivity index (χ1) is 17.7. The summed E-state index contributed by atoms with van der Waals surface area (Å²) in [6, 6.07) is 15.8. The van der Waals surface area contributed by atoms with Crippen molar-refractivity contribution < 1.29 is 24.3 Å². The lowest BCUT2D eigenvalue weighted by molar-refractivity contribution is -0.205. The molecule has 5 rings (SSSR count). The van der Waals surface area contributed by atoms with Crippen LogP contribution in [0.2, 0.25) is 0 Å². The van der Waals surface area contributed by atoms with E-state index in [2.05, 4.69) is 34.5 Å². The standard InChI is InChI=1S/C29H35N3O5/c1-4-28-18-27(3,34)29(35,21-8-6-5-7-9-21)15-22(28)11-10-20-14-23(12-13-24(20)28)36-17-25-31-26(37-32-25)16-30-19(2)33/h5-9,12-14,22,34-35H,4,10-11,15-18H2,1-3H3,(H,30,33)/t22-,27?,28?,29-/m1/s1. The molecule has 3 aromatic rings. The first kappa shape index (κ1) is 25.4. The molecule has 2 aromatic carbocycles. The van der Waals surface area contributed by atoms with Crippen LogP contribution in [0.15, 0.2) is 53.1 Å². The van der Waals surface area contributed by atoms with Crippen molar-refractivity contribution in [1.82, 2.24) is 15.5 Å². The highest BCUT2D eigenvalue weighted by Gasteiger charge is 2.60. The SMILES string of the molecule is CCC12CC(C)(O)[C@](O)(c3ccccc3)C[C@H]1CCc1cc(OCc3noc(CNC(C)=O)n3)ccc12. The van der Waals surface area contributed by atoms with Crippen LogP contribution >= 0.6 is 0 Å². The fraction of sp³-hybridized carbons (Fsp3) is 0.483. The van der Waals surface area contributed by atoms with E-state index in [-0.39, 0.29) is 30.4 Å². The lowest BCUT2D eigenvalue weighted by Crippen LogP contribution is -2.62. The van der Waals surface area contributed by atoms with Gasteiger partial charge in [-0.15, -0.1) is 0 Å². The Morgan fingerprint density at radius 3 is 2.73 bits per heavy atom. The Labute approximate surface area is 217 Å². The summed E-state index contributed by atoms with van der Waals surface area (Å²) in [4.78, 5) is 15.3. The quantitative estimate of drug-likeness (QED) is 0.445. The van der Waals surface area contributed by atoms with Gasteiger partial charge in [-0.3, -0.25) is 4.79 Å². The third kappa shape index (κ3) is 4.53. The number of aromatic nitrogens is 2. The van der Waals surface area contributed by atoms with Crippen LogP contribution in [0, 0.1) is 5.92 Å². The summed E-state index contributed by atoms with van der Waals surface area (Å²) in [7, 11) is 0. The molecule has 2 aliphatic carbocycles. The highest BCUT2D eigenvalue weighted by atomic mass is 16.5. The van der Waals surface area contributed by atoms with Crippen molar-refractivity contribution in [3.05, 3.63) is 76.9 Å². The Morgan fingerprint density at radius 2 is 2.00 bits per heavy atom. The molecule has 0 spiro atoms. The summed E-state index contributed by atoms with van der Waals surface area (Å²) in [5.74, 6) is 1.55. The van der Waals surface area contributed by atoms with E-state index < -0.39 is 11.2 Å². The number of aliphatic hydroxyl groups is 2. The molecule has 3 N–H and O–H groups in total. The lowest BCUT2D eigenvalue weighted by atomic mass is 9.49. The fourth-order valence-electron chi connectivity index (χ4n) is 6.57. The van der Waals surface area contributed by atoms with Gasteiger partial charge in [0, 0.05) is 12.3 Å². The molecular formula is C29H35N3O5. The average molecular weight is 506 g/mol. The van der Waals surface area contributed by atoms with E-state index in [0.29, 0.717) is 24.6 Å². The monoisotopic (exact) mass is 505 g/mol. The van der Waals surface area contributed by atoms with E-state index in [1.165, 1.54) is 18.1 Å². The maximum atomic E-state index is 11.8. The van der Waals surface area contributed by atoms with E-state index in [0.717, 1.165) is 30.6 Å². The second-order valence-electron chi connectivity index (χ2n) is 10.7. The molecular weight excluding hydrogens is 470 g/mol. The Hall–Kier alpha value is -3.23. The molecule has 8 heteroatoms. The number of aryl methyl sites for hydroxylation is 1. The molecule has 37 heavy (non-hydrogen) atoms. The Balaban J connectivity index is 1.36. The van der Waals surface area contributed by atoms with Gasteiger partial charge in [-0.1, -0.05) is 48.5 Å². The Morgan fingerprint density at radius 1 is 1.22 bits per heavy atom. The van der Waals surface area contributed by atoms with Crippen molar-refractivity contribution in [1.29, 1.82) is 0 Å². The van der Waals surface area contributed by atoms with E-state index >= 15 is 0 Å². The third-order valence-electron chi connectivity index (χ3n) is 8.50. The molecule has 1 fully saturated rings. The van der Waals surface area contributed by atoms with Crippen molar-refractivity contribution >= 4 is 5.91 Å². The van der Waals surface area contributed by atoms with Gasteiger partial charge in [-0.2, -0.15) is 4.98 Å². The van der Waals surface area contributed by atoms with E-state index in [9.17, 15) is 15.0 Å². The fourth-order valence-corrected chi connectivity index (χ4v) is 6.57. The van der Waals surface area contributed by atoms with Crippen molar-refractivity contribution in [3.8, 4) is 5.75 Å². The molecule has 2 unspecified atom stereocenters. The molecule has 1 amide bonds. The van der Waals surface area contributed by atoms with Crippen LogP contribution in [0.4, 0.5) is 0 Å². The normalized spacial score (nSPS) is 28.7. The summed E-state index contributed by atoms with van der Waals surface area (Å²) in [6.07, 6.45) is 3.71. The number of carbonyl (C=O) groups is 1. The van der Waals surface area contributed by atoms with E-state index in [1.54, 1.807) is 6.92 Å². The van der Waals surface area contributed by atoms with Gasteiger partial charge in [0.15, 0.2) is 6.61 Å². The van der Waals surface area contributed by atoms with Crippen LogP contribution in [0.1, 0.15) is 74.9 Å². The van der Waals surface area contributed by atoms with E-state index in [1.807, 2.05) is 36.4 Å². The molecule has 1 aromatic heterocycles. The van der Waals surface area contributed by atoms with Gasteiger partial charge in [0.2, 0.25) is 17.6 Å². The van der Waals surface area contributed by atoms with Crippen molar-refractivity contribution in [2.75, 3.05) is 0 Å². The van der Waals surface area contributed by atoms with Gasteiger partial charge in [0.25, 0.3) is 0 Å². The minimum absolute atomic E-state index is 0.155. The Kier molecular flexibility index (Phi) is 6.58. The van der Waals surface area contributed by atoms with Crippen LogP contribution in [0.25, 0.3) is 0 Å². The number of benzene rings is 2. The van der Waals surface area contributed by atoms with Gasteiger partial charge in [0.05, 0.1) is 12.1 Å². The van der Waals surface area contributed by atoms with Crippen LogP contribution in [-0.4, -0.2) is 31.9 Å². The van der Waals surface area contributed by atoms with Gasteiger partial charge in [-0.05, 0) is 73.8 Å². The van der Waals surface area contributed by atoms with Gasteiger partial charge < -0.3 is 24.8 Å². The van der Waals surface area contributed by atoms with Crippen molar-refractivity contribution in [2.24, 2.45) is 5.92 Å². The first-order valence-electron chi connectivity index (χ1n) is 13.0. The molecule has 0 radical (unpaired) electrons. The summed E-state index contributed by atoms with van der Waals surface area (Å²) < 4.78 is 11.1. The maximum Gasteiger partial charge on any atom is 0.246 e. The topological polar surface area (TPSA) is 118 Å². The number of amides is 1. The Bertz CT molecular complexity index is 1270. The first-order valence-corrected chi connectivity index (χ1v) is 13.0. The molecule has 8 nitrogen and oxygen atoms in total. The second kappa shape index (κ2) is 9.58. The predicted molar refractivity (Wildman–Crippen MR) is 137 cm³/mol. The van der Waals surface area contributed by atoms with Crippen LogP contribution < -0.4 is 10.1 Å². The zero-order valence-corrected chi connectivity index (χ0v) is 21.7. The maximum absolute atomic E-state index is 11.8. The van der Waals surface area contributed by atoms with Gasteiger partial charge in [-0.25, -0.2) is 0 Å². The summed E-state index contributed by atoms with van der Waals surface area (Å²) in [5, 5.41) is 30.1. The number of hydrogen-bond acceptors (Lipinski definition) is 7. The molecule has 0 saturated heterocycles. The van der Waals surface area contributed by atoms with Crippen LogP contribution in [0.3, 0.4) is 0 Å². The van der Waals surface area contributed by atoms with Crippen molar-refractivity contribution in [2.45, 2.75) is 82.6 Å². The van der Waals surface area contributed by atoms with Crippen molar-refractivity contribution in [3.63, 3.8) is 0 Å². The molecule has 0 bridgehead atoms. The second-order valence-corrected chi connectivity index (χ2v) is 10.7. The molecule has 2 aliphatic rings. The number of carbonyl (C=O) groups excluding carboxylic acids is 1. The predicted octanol–water partition coefficient (Wildman–Crippen LogP) is 3.93. The highest BCUT2D eigenvalue weighted by Crippen LogP contribution is 2.60. The zero-order chi connectivity index (χ0) is 26.3. The lowest BCUT2D eigenvalue weighted by Gasteiger charge is -2.59. The van der Waals surface area contributed by atoms with Gasteiger partial charge in [0.1, 0.15) is 11.4 Å². The molecule has 0 aliphatic heterocycles. The molecule has 1 saturated carbocycles.